The molecular formula is C25H34F2N6O. The van der Waals surface area contributed by atoms with Crippen LogP contribution >= 0.6 is 0 Å². The van der Waals surface area contributed by atoms with Crippen LogP contribution in [0.4, 0.5) is 36.5 Å². The number of anilines is 4. The highest BCUT2D eigenvalue weighted by atomic mass is 19.3. The summed E-state index contributed by atoms with van der Waals surface area (Å²) in [6.45, 7) is 6.73. The van der Waals surface area contributed by atoms with Crippen LogP contribution in [0.25, 0.3) is 0 Å². The van der Waals surface area contributed by atoms with Crippen molar-refractivity contribution in [1.29, 1.82) is 0 Å². The summed E-state index contributed by atoms with van der Waals surface area (Å²) in [4.78, 5) is 25.4. The van der Waals surface area contributed by atoms with E-state index in [0.29, 0.717) is 24.3 Å². The Morgan fingerprint density at radius 2 is 2.09 bits per heavy atom. The number of pyridine rings is 1. The second-order valence-electron chi connectivity index (χ2n) is 8.41. The van der Waals surface area contributed by atoms with E-state index in [1.165, 1.54) is 25.7 Å². The van der Waals surface area contributed by atoms with E-state index in [4.69, 9.17) is 5.73 Å². The van der Waals surface area contributed by atoms with Gasteiger partial charge in [-0.25, -0.2) is 18.6 Å². The van der Waals surface area contributed by atoms with Gasteiger partial charge < -0.3 is 16.0 Å². The molecule has 7 nitrogen and oxygen atoms in total. The van der Waals surface area contributed by atoms with Crippen LogP contribution in [0.2, 0.25) is 0 Å². The Morgan fingerprint density at radius 1 is 1.29 bits per heavy atom. The highest BCUT2D eigenvalue weighted by Crippen LogP contribution is 2.35. The van der Waals surface area contributed by atoms with Gasteiger partial charge in [-0.15, -0.1) is 0 Å². The first-order valence-corrected chi connectivity index (χ1v) is 11.9. The molecule has 0 bridgehead atoms. The fourth-order valence-electron chi connectivity index (χ4n) is 4.33. The molecule has 3 rings (SSSR count). The lowest BCUT2D eigenvalue weighted by molar-refractivity contribution is 0.152. The van der Waals surface area contributed by atoms with Crippen molar-refractivity contribution in [2.24, 2.45) is 4.99 Å². The van der Waals surface area contributed by atoms with E-state index < -0.39 is 12.5 Å². The molecule has 1 aromatic carbocycles. The van der Waals surface area contributed by atoms with Crippen LogP contribution in [-0.2, 0) is 6.42 Å². The standard InChI is InChI=1S/C25H34F2N6O/c1-4-6-7-12-32(11-5-2)21-8-10-30-24-19(21)9-13-33(24)25(34)31-18-14-17(16-29-3)22(28)20(15-18)23(26)27/h8,10,14-16,23H,4-7,9,11-13,28H2,1-3H3,(H,31,34). The molecule has 0 fully saturated rings. The van der Waals surface area contributed by atoms with Crippen LogP contribution in [0, 0.1) is 0 Å². The van der Waals surface area contributed by atoms with Gasteiger partial charge in [0.1, 0.15) is 5.82 Å². The first kappa shape index (κ1) is 25.4. The van der Waals surface area contributed by atoms with Gasteiger partial charge in [0.05, 0.1) is 0 Å². The van der Waals surface area contributed by atoms with Crippen LogP contribution in [0.5, 0.6) is 0 Å². The minimum absolute atomic E-state index is 0.0458. The van der Waals surface area contributed by atoms with E-state index in [-0.39, 0.29) is 16.9 Å². The van der Waals surface area contributed by atoms with Crippen LogP contribution in [0.1, 0.15) is 62.6 Å². The Bertz CT molecular complexity index is 1030. The Hall–Kier alpha value is -3.23. The van der Waals surface area contributed by atoms with Crippen LogP contribution < -0.4 is 20.9 Å². The quantitative estimate of drug-likeness (QED) is 0.266. The van der Waals surface area contributed by atoms with Gasteiger partial charge in [0.15, 0.2) is 0 Å². The molecule has 2 amide bonds. The zero-order valence-corrected chi connectivity index (χ0v) is 20.2. The number of nitrogens with two attached hydrogens (primary N) is 1. The molecular weight excluding hydrogens is 438 g/mol. The summed E-state index contributed by atoms with van der Waals surface area (Å²) in [6, 6.07) is 4.36. The maximum atomic E-state index is 13.5. The van der Waals surface area contributed by atoms with Crippen LogP contribution in [0.3, 0.4) is 0 Å². The highest BCUT2D eigenvalue weighted by molar-refractivity contribution is 6.04. The molecule has 0 saturated heterocycles. The van der Waals surface area contributed by atoms with Crippen molar-refractivity contribution in [3.8, 4) is 0 Å². The van der Waals surface area contributed by atoms with E-state index in [2.05, 4.69) is 34.0 Å². The van der Waals surface area contributed by atoms with E-state index in [1.807, 2.05) is 6.07 Å². The average Bonchev–Trinajstić information content (AvgIpc) is 3.25. The van der Waals surface area contributed by atoms with Crippen LogP contribution in [0.15, 0.2) is 29.4 Å². The van der Waals surface area contributed by atoms with Crippen molar-refractivity contribution < 1.29 is 13.6 Å². The number of rotatable bonds is 10. The zero-order chi connectivity index (χ0) is 24.7. The molecule has 3 N–H and O–H groups in total. The van der Waals surface area contributed by atoms with Crippen molar-refractivity contribution in [3.05, 3.63) is 41.1 Å². The van der Waals surface area contributed by atoms with E-state index in [0.717, 1.165) is 43.6 Å². The number of carbonyl (C=O) groups is 1. The minimum atomic E-state index is -2.77. The normalized spacial score (nSPS) is 13.1. The molecule has 0 aliphatic carbocycles. The fourth-order valence-corrected chi connectivity index (χ4v) is 4.33. The monoisotopic (exact) mass is 472 g/mol. The molecule has 0 atom stereocenters. The molecule has 0 unspecified atom stereocenters. The molecule has 2 heterocycles. The SMILES string of the molecule is CCCCCN(CCC)c1ccnc2c1CCN2C(=O)Nc1cc(C=NC)c(N)c(C(F)F)c1. The number of halogens is 2. The van der Waals surface area contributed by atoms with Crippen molar-refractivity contribution in [3.63, 3.8) is 0 Å². The van der Waals surface area contributed by atoms with Gasteiger partial charge in [-0.2, -0.15) is 0 Å². The number of alkyl halides is 2. The lowest BCUT2D eigenvalue weighted by Crippen LogP contribution is -2.34. The van der Waals surface area contributed by atoms with Gasteiger partial charge in [-0.05, 0) is 37.5 Å². The predicted octanol–water partition coefficient (Wildman–Crippen LogP) is 5.65. The lowest BCUT2D eigenvalue weighted by Gasteiger charge is -2.26. The molecule has 34 heavy (non-hydrogen) atoms. The van der Waals surface area contributed by atoms with Crippen LogP contribution in [-0.4, -0.2) is 43.9 Å². The summed E-state index contributed by atoms with van der Waals surface area (Å²) in [6.07, 6.45) is 5.53. The molecule has 0 radical (unpaired) electrons. The molecule has 1 aliphatic heterocycles. The van der Waals surface area contributed by atoms with Crippen molar-refractivity contribution in [1.82, 2.24) is 4.98 Å². The number of nitrogens with zero attached hydrogens (tertiary/aromatic N) is 4. The topological polar surface area (TPSA) is 86.9 Å². The summed E-state index contributed by atoms with van der Waals surface area (Å²) in [7, 11) is 1.53. The maximum Gasteiger partial charge on any atom is 0.327 e. The number of amides is 2. The summed E-state index contributed by atoms with van der Waals surface area (Å²) in [5.41, 5.74) is 8.21. The molecule has 2 aromatic rings. The van der Waals surface area contributed by atoms with Crippen molar-refractivity contribution in [2.75, 3.05) is 47.5 Å². The number of benzene rings is 1. The third kappa shape index (κ3) is 5.63. The predicted molar refractivity (Wildman–Crippen MR) is 136 cm³/mol. The van der Waals surface area contributed by atoms with Gasteiger partial charge in [0.2, 0.25) is 0 Å². The van der Waals surface area contributed by atoms with E-state index >= 15 is 0 Å². The molecule has 0 spiro atoms. The number of fused-ring (bicyclic) bond motifs is 1. The summed E-state index contributed by atoms with van der Waals surface area (Å²) < 4.78 is 27.0. The number of nitrogen functional groups attached to an aromatic ring is 1. The Balaban J connectivity index is 1.85. The average molecular weight is 473 g/mol. The third-order valence-electron chi connectivity index (χ3n) is 5.96. The molecule has 1 aromatic heterocycles. The lowest BCUT2D eigenvalue weighted by atomic mass is 10.1. The number of urea groups is 1. The Morgan fingerprint density at radius 3 is 2.76 bits per heavy atom. The Labute approximate surface area is 200 Å². The van der Waals surface area contributed by atoms with Gasteiger partial charge in [-0.3, -0.25) is 9.89 Å². The molecule has 1 aliphatic rings. The number of unbranched alkanes of at least 4 members (excludes halogenated alkanes) is 2. The van der Waals surface area contributed by atoms with Gasteiger partial charge in [0.25, 0.3) is 6.43 Å². The highest BCUT2D eigenvalue weighted by Gasteiger charge is 2.30. The smallest absolute Gasteiger partial charge is 0.327 e. The second-order valence-corrected chi connectivity index (χ2v) is 8.41. The van der Waals surface area contributed by atoms with Gasteiger partial charge >= 0.3 is 6.03 Å². The third-order valence-corrected chi connectivity index (χ3v) is 5.96. The molecule has 9 heteroatoms. The van der Waals surface area contributed by atoms with Gasteiger partial charge in [0, 0.05) is 72.8 Å². The zero-order valence-electron chi connectivity index (χ0n) is 20.2. The Kier molecular flexibility index (Phi) is 8.79. The van der Waals surface area contributed by atoms with Crippen molar-refractivity contribution >= 4 is 35.1 Å². The largest absolute Gasteiger partial charge is 0.398 e. The fraction of sp³-hybridized carbons (Fsp3) is 0.480. The van der Waals surface area contributed by atoms with Crippen molar-refractivity contribution in [2.45, 2.75) is 52.4 Å². The first-order chi connectivity index (χ1) is 16.4. The maximum absolute atomic E-state index is 13.5. The van der Waals surface area contributed by atoms with E-state index in [1.54, 1.807) is 17.2 Å². The number of aliphatic imine (C=N–C) groups is 1. The summed E-state index contributed by atoms with van der Waals surface area (Å²) >= 11 is 0. The first-order valence-electron chi connectivity index (χ1n) is 11.9. The van der Waals surface area contributed by atoms with Gasteiger partial charge in [-0.1, -0.05) is 26.7 Å². The summed E-state index contributed by atoms with van der Waals surface area (Å²) in [5, 5.41) is 2.74. The number of aromatic nitrogens is 1. The molecule has 184 valence electrons. The minimum Gasteiger partial charge on any atom is -0.398 e. The number of hydrogen-bond acceptors (Lipinski definition) is 5. The number of hydrogen-bond donors (Lipinski definition) is 2. The molecule has 0 saturated carbocycles. The number of carbonyl (C=O) groups excluding carboxylic acids is 1. The van der Waals surface area contributed by atoms with E-state index in [9.17, 15) is 13.6 Å². The summed E-state index contributed by atoms with van der Waals surface area (Å²) in [5.74, 6) is 0.617. The second kappa shape index (κ2) is 11.8. The number of nitrogens with one attached hydrogen (secondary N) is 1.